The maximum absolute atomic E-state index is 12.5. The molecule has 0 spiro atoms. The Bertz CT molecular complexity index is 1200. The summed E-state index contributed by atoms with van der Waals surface area (Å²) in [6.07, 6.45) is 1.13. The minimum atomic E-state index is -3.35. The molecule has 0 aliphatic carbocycles. The van der Waals surface area contributed by atoms with Crippen molar-refractivity contribution in [2.75, 3.05) is 19.4 Å². The van der Waals surface area contributed by atoms with Gasteiger partial charge in [-0.15, -0.1) is 0 Å². The molecule has 3 rings (SSSR count). The SMILES string of the molecule is CCOC(=O)CNC(=O)c1cc(-c2ccc(Cl)cc2)n(-c2ccc(S(C)(=O)=O)cc2)n1. The number of carbonyl (C=O) groups is 2. The minimum absolute atomic E-state index is 0.0847. The predicted octanol–water partition coefficient (Wildman–Crippen LogP) is 2.89. The van der Waals surface area contributed by atoms with Gasteiger partial charge in [-0.3, -0.25) is 9.59 Å². The van der Waals surface area contributed by atoms with E-state index in [1.165, 1.54) is 16.8 Å². The second kappa shape index (κ2) is 9.32. The van der Waals surface area contributed by atoms with Crippen molar-refractivity contribution in [1.82, 2.24) is 15.1 Å². The minimum Gasteiger partial charge on any atom is -0.465 e. The Kier molecular flexibility index (Phi) is 6.77. The highest BCUT2D eigenvalue weighted by atomic mass is 35.5. The molecule has 0 aliphatic heterocycles. The van der Waals surface area contributed by atoms with Crippen LogP contribution in [0.1, 0.15) is 17.4 Å². The summed E-state index contributed by atoms with van der Waals surface area (Å²) in [5.74, 6) is -1.10. The molecule has 31 heavy (non-hydrogen) atoms. The highest BCUT2D eigenvalue weighted by Gasteiger charge is 2.18. The maximum atomic E-state index is 12.5. The van der Waals surface area contributed by atoms with Gasteiger partial charge < -0.3 is 10.1 Å². The van der Waals surface area contributed by atoms with Crippen molar-refractivity contribution >= 4 is 33.3 Å². The summed E-state index contributed by atoms with van der Waals surface area (Å²) in [6, 6.07) is 14.7. The Hall–Kier alpha value is -3.17. The molecular weight excluding hydrogens is 442 g/mol. The number of benzene rings is 2. The molecule has 0 unspecified atom stereocenters. The van der Waals surface area contributed by atoms with Crippen molar-refractivity contribution in [3.8, 4) is 16.9 Å². The van der Waals surface area contributed by atoms with Crippen LogP contribution in [0.5, 0.6) is 0 Å². The van der Waals surface area contributed by atoms with E-state index in [0.717, 1.165) is 11.8 Å². The molecule has 1 N–H and O–H groups in total. The number of aromatic nitrogens is 2. The lowest BCUT2D eigenvalue weighted by molar-refractivity contribution is -0.141. The summed E-state index contributed by atoms with van der Waals surface area (Å²) in [5, 5.41) is 7.40. The highest BCUT2D eigenvalue weighted by Crippen LogP contribution is 2.26. The van der Waals surface area contributed by atoms with Gasteiger partial charge in [-0.05, 0) is 49.4 Å². The molecule has 0 bridgehead atoms. The Morgan fingerprint density at radius 2 is 1.74 bits per heavy atom. The van der Waals surface area contributed by atoms with Gasteiger partial charge in [0.2, 0.25) is 0 Å². The number of hydrogen-bond acceptors (Lipinski definition) is 6. The molecule has 0 fully saturated rings. The molecule has 0 atom stereocenters. The van der Waals surface area contributed by atoms with Crippen LogP contribution >= 0.6 is 11.6 Å². The molecule has 0 saturated heterocycles. The van der Waals surface area contributed by atoms with E-state index in [2.05, 4.69) is 10.4 Å². The lowest BCUT2D eigenvalue weighted by Gasteiger charge is -2.08. The first-order valence-electron chi connectivity index (χ1n) is 9.29. The number of rotatable bonds is 7. The van der Waals surface area contributed by atoms with E-state index in [4.69, 9.17) is 16.3 Å². The normalized spacial score (nSPS) is 11.2. The fourth-order valence-electron chi connectivity index (χ4n) is 2.80. The van der Waals surface area contributed by atoms with Crippen LogP contribution in [-0.4, -0.2) is 49.5 Å². The van der Waals surface area contributed by atoms with Gasteiger partial charge in [0.1, 0.15) is 6.54 Å². The van der Waals surface area contributed by atoms with E-state index in [-0.39, 0.29) is 23.7 Å². The molecule has 1 amide bonds. The molecule has 162 valence electrons. The number of nitrogens with one attached hydrogen (secondary N) is 1. The molecule has 0 saturated carbocycles. The first-order chi connectivity index (χ1) is 14.7. The van der Waals surface area contributed by atoms with Gasteiger partial charge in [-0.1, -0.05) is 23.7 Å². The molecule has 1 heterocycles. The fourth-order valence-corrected chi connectivity index (χ4v) is 3.56. The third kappa shape index (κ3) is 5.50. The standard InChI is InChI=1S/C21H20ClN3O5S/c1-3-30-20(26)13-23-21(27)18-12-19(14-4-6-15(22)7-5-14)25(24-18)16-8-10-17(11-9-16)31(2,28)29/h4-12H,3,13H2,1-2H3,(H,23,27). The van der Waals surface area contributed by atoms with Gasteiger partial charge in [-0.25, -0.2) is 13.1 Å². The van der Waals surface area contributed by atoms with Crippen LogP contribution in [0.25, 0.3) is 16.9 Å². The number of ether oxygens (including phenoxy) is 1. The first kappa shape index (κ1) is 22.5. The lowest BCUT2D eigenvalue weighted by Crippen LogP contribution is -2.31. The summed E-state index contributed by atoms with van der Waals surface area (Å²) in [4.78, 5) is 24.2. The quantitative estimate of drug-likeness (QED) is 0.542. The van der Waals surface area contributed by atoms with Gasteiger partial charge in [-0.2, -0.15) is 5.10 Å². The Morgan fingerprint density at radius 1 is 1.10 bits per heavy atom. The van der Waals surface area contributed by atoms with Crippen molar-refractivity contribution < 1.29 is 22.7 Å². The largest absolute Gasteiger partial charge is 0.465 e. The van der Waals surface area contributed by atoms with Gasteiger partial charge in [0.15, 0.2) is 15.5 Å². The number of halogens is 1. The third-order valence-corrected chi connectivity index (χ3v) is 5.67. The molecule has 2 aromatic carbocycles. The van der Waals surface area contributed by atoms with Crippen LogP contribution in [0.15, 0.2) is 59.5 Å². The number of esters is 1. The van der Waals surface area contributed by atoms with Crippen molar-refractivity contribution in [2.45, 2.75) is 11.8 Å². The second-order valence-corrected chi connectivity index (χ2v) is 9.04. The van der Waals surface area contributed by atoms with Crippen molar-refractivity contribution in [2.24, 2.45) is 0 Å². The topological polar surface area (TPSA) is 107 Å². The van der Waals surface area contributed by atoms with Crippen LogP contribution in [0.4, 0.5) is 0 Å². The molecule has 3 aromatic rings. The highest BCUT2D eigenvalue weighted by molar-refractivity contribution is 7.90. The zero-order valence-corrected chi connectivity index (χ0v) is 18.4. The van der Waals surface area contributed by atoms with E-state index in [1.54, 1.807) is 49.4 Å². The van der Waals surface area contributed by atoms with Crippen LogP contribution < -0.4 is 5.32 Å². The number of sulfone groups is 1. The smallest absolute Gasteiger partial charge is 0.325 e. The van der Waals surface area contributed by atoms with Crippen molar-refractivity contribution in [1.29, 1.82) is 0 Å². The van der Waals surface area contributed by atoms with Gasteiger partial charge in [0.05, 0.1) is 22.9 Å². The summed E-state index contributed by atoms with van der Waals surface area (Å²) in [5.41, 5.74) is 1.97. The average Bonchev–Trinajstić information content (AvgIpc) is 3.18. The predicted molar refractivity (Wildman–Crippen MR) is 116 cm³/mol. The van der Waals surface area contributed by atoms with Crippen molar-refractivity contribution in [3.05, 3.63) is 65.3 Å². The van der Waals surface area contributed by atoms with Gasteiger partial charge in [0, 0.05) is 16.8 Å². The van der Waals surface area contributed by atoms with Gasteiger partial charge >= 0.3 is 5.97 Å². The maximum Gasteiger partial charge on any atom is 0.325 e. The Morgan fingerprint density at radius 3 is 2.32 bits per heavy atom. The third-order valence-electron chi connectivity index (χ3n) is 4.29. The Labute approximate surface area is 184 Å². The summed E-state index contributed by atoms with van der Waals surface area (Å²) < 4.78 is 29.8. The molecule has 8 nitrogen and oxygen atoms in total. The Balaban J connectivity index is 1.99. The first-order valence-corrected chi connectivity index (χ1v) is 11.6. The van der Waals surface area contributed by atoms with E-state index in [1.807, 2.05) is 0 Å². The monoisotopic (exact) mass is 461 g/mol. The van der Waals surface area contributed by atoms with Crippen LogP contribution in [0.2, 0.25) is 5.02 Å². The van der Waals surface area contributed by atoms with Crippen molar-refractivity contribution in [3.63, 3.8) is 0 Å². The molecule has 1 aromatic heterocycles. The molecule has 0 aliphatic rings. The van der Waals surface area contributed by atoms with Gasteiger partial charge in [0.25, 0.3) is 5.91 Å². The number of carbonyl (C=O) groups excluding carboxylic acids is 2. The summed E-state index contributed by atoms with van der Waals surface area (Å²) in [6.45, 7) is 1.61. The average molecular weight is 462 g/mol. The summed E-state index contributed by atoms with van der Waals surface area (Å²) in [7, 11) is -3.35. The van der Waals surface area contributed by atoms with Crippen LogP contribution in [0, 0.1) is 0 Å². The fraction of sp³-hybridized carbons (Fsp3) is 0.190. The number of nitrogens with zero attached hydrogens (tertiary/aromatic N) is 2. The van der Waals surface area contributed by atoms with E-state index < -0.39 is 21.7 Å². The number of amides is 1. The summed E-state index contributed by atoms with van der Waals surface area (Å²) >= 11 is 5.98. The van der Waals surface area contributed by atoms with E-state index >= 15 is 0 Å². The van der Waals surface area contributed by atoms with E-state index in [9.17, 15) is 18.0 Å². The number of hydrogen-bond donors (Lipinski definition) is 1. The van der Waals surface area contributed by atoms with Crippen LogP contribution in [0.3, 0.4) is 0 Å². The molecule has 0 radical (unpaired) electrons. The molecular formula is C21H20ClN3O5S. The zero-order chi connectivity index (χ0) is 22.6. The molecule has 10 heteroatoms. The second-order valence-electron chi connectivity index (χ2n) is 6.59. The van der Waals surface area contributed by atoms with Crippen LogP contribution in [-0.2, 0) is 19.4 Å². The zero-order valence-electron chi connectivity index (χ0n) is 16.8. The van der Waals surface area contributed by atoms with E-state index in [0.29, 0.717) is 16.4 Å². The lowest BCUT2D eigenvalue weighted by atomic mass is 10.1.